The lowest BCUT2D eigenvalue weighted by Gasteiger charge is -2.32. The van der Waals surface area contributed by atoms with Crippen LogP contribution in [0.25, 0.3) is 11.0 Å². The van der Waals surface area contributed by atoms with E-state index in [0.717, 1.165) is 52.3 Å². The SMILES string of the molecule is Cc1nc2ccc(NC(=O)CC3CCN(C(=O)Cc4c(C)n[nH]c4C)CC3)cc2[nH]1. The van der Waals surface area contributed by atoms with Gasteiger partial charge in [0.2, 0.25) is 11.8 Å². The lowest BCUT2D eigenvalue weighted by Crippen LogP contribution is -2.40. The molecule has 158 valence electrons. The number of rotatable bonds is 5. The van der Waals surface area contributed by atoms with Crippen molar-refractivity contribution < 1.29 is 9.59 Å². The zero-order valence-electron chi connectivity index (χ0n) is 17.7. The molecular formula is C22H28N6O2. The number of fused-ring (bicyclic) bond motifs is 1. The van der Waals surface area contributed by atoms with Gasteiger partial charge in [-0.1, -0.05) is 0 Å². The monoisotopic (exact) mass is 408 g/mol. The summed E-state index contributed by atoms with van der Waals surface area (Å²) >= 11 is 0. The molecule has 0 spiro atoms. The molecule has 3 aromatic rings. The number of hydrogen-bond acceptors (Lipinski definition) is 4. The molecule has 0 aliphatic carbocycles. The molecule has 0 bridgehead atoms. The van der Waals surface area contributed by atoms with Crippen LogP contribution in [-0.4, -0.2) is 50.0 Å². The number of likely N-dealkylation sites (tertiary alicyclic amines) is 1. The minimum atomic E-state index is 0.0139. The maximum absolute atomic E-state index is 12.6. The van der Waals surface area contributed by atoms with Crippen molar-refractivity contribution in [2.45, 2.75) is 46.5 Å². The fourth-order valence-electron chi connectivity index (χ4n) is 4.17. The first-order chi connectivity index (χ1) is 14.4. The van der Waals surface area contributed by atoms with Crippen LogP contribution in [0.15, 0.2) is 18.2 Å². The number of H-pyrrole nitrogens is 2. The molecule has 1 aliphatic heterocycles. The number of nitrogens with one attached hydrogen (secondary N) is 3. The van der Waals surface area contributed by atoms with E-state index in [-0.39, 0.29) is 11.8 Å². The largest absolute Gasteiger partial charge is 0.342 e. The second kappa shape index (κ2) is 8.30. The molecule has 3 heterocycles. The highest BCUT2D eigenvalue weighted by Crippen LogP contribution is 2.23. The van der Waals surface area contributed by atoms with Gasteiger partial charge in [0.05, 0.1) is 23.1 Å². The van der Waals surface area contributed by atoms with Crippen molar-refractivity contribution in [2.75, 3.05) is 18.4 Å². The van der Waals surface area contributed by atoms with E-state index in [1.54, 1.807) is 0 Å². The van der Waals surface area contributed by atoms with Gasteiger partial charge >= 0.3 is 0 Å². The van der Waals surface area contributed by atoms with Crippen molar-refractivity contribution >= 4 is 28.5 Å². The van der Waals surface area contributed by atoms with E-state index in [2.05, 4.69) is 25.5 Å². The van der Waals surface area contributed by atoms with Crippen LogP contribution in [0.4, 0.5) is 5.69 Å². The second-order valence-electron chi connectivity index (χ2n) is 8.22. The molecule has 0 atom stereocenters. The lowest BCUT2D eigenvalue weighted by molar-refractivity contribution is -0.131. The summed E-state index contributed by atoms with van der Waals surface area (Å²) in [6.07, 6.45) is 2.56. The van der Waals surface area contributed by atoms with Gasteiger partial charge in [-0.25, -0.2) is 4.98 Å². The summed E-state index contributed by atoms with van der Waals surface area (Å²) in [4.78, 5) is 34.6. The smallest absolute Gasteiger partial charge is 0.227 e. The molecule has 30 heavy (non-hydrogen) atoms. The van der Waals surface area contributed by atoms with E-state index >= 15 is 0 Å². The van der Waals surface area contributed by atoms with E-state index in [1.807, 2.05) is 43.9 Å². The molecule has 8 nitrogen and oxygen atoms in total. The van der Waals surface area contributed by atoms with Gasteiger partial charge in [-0.05, 0) is 57.7 Å². The van der Waals surface area contributed by atoms with E-state index in [4.69, 9.17) is 0 Å². The summed E-state index contributed by atoms with van der Waals surface area (Å²) in [5.74, 6) is 1.30. The van der Waals surface area contributed by atoms with Crippen molar-refractivity contribution in [1.29, 1.82) is 0 Å². The van der Waals surface area contributed by atoms with Crippen LogP contribution in [0, 0.1) is 26.7 Å². The Morgan fingerprint density at radius 1 is 1.20 bits per heavy atom. The van der Waals surface area contributed by atoms with Crippen molar-refractivity contribution in [2.24, 2.45) is 5.92 Å². The number of carbonyl (C=O) groups is 2. The number of anilines is 1. The highest BCUT2D eigenvalue weighted by atomic mass is 16.2. The number of imidazole rings is 1. The van der Waals surface area contributed by atoms with E-state index in [1.165, 1.54) is 0 Å². The molecule has 2 amide bonds. The first kappa shape index (κ1) is 20.1. The normalized spacial score (nSPS) is 15.0. The van der Waals surface area contributed by atoms with Crippen LogP contribution in [0.3, 0.4) is 0 Å². The third-order valence-electron chi connectivity index (χ3n) is 5.93. The van der Waals surface area contributed by atoms with Crippen molar-refractivity contribution in [3.8, 4) is 0 Å². The number of benzene rings is 1. The summed E-state index contributed by atoms with van der Waals surface area (Å²) in [6.45, 7) is 7.17. The van der Waals surface area contributed by atoms with E-state index < -0.39 is 0 Å². The molecule has 0 radical (unpaired) electrons. The number of piperidine rings is 1. The van der Waals surface area contributed by atoms with Crippen LogP contribution in [0.5, 0.6) is 0 Å². The Bertz CT molecular complexity index is 1060. The highest BCUT2D eigenvalue weighted by molar-refractivity contribution is 5.93. The zero-order valence-corrected chi connectivity index (χ0v) is 17.7. The third kappa shape index (κ3) is 4.37. The first-order valence-corrected chi connectivity index (χ1v) is 10.4. The van der Waals surface area contributed by atoms with Crippen LogP contribution in [0.1, 0.15) is 42.0 Å². The lowest BCUT2D eigenvalue weighted by atomic mass is 9.92. The van der Waals surface area contributed by atoms with Gasteiger partial charge in [-0.2, -0.15) is 5.10 Å². The number of nitrogens with zero attached hydrogens (tertiary/aromatic N) is 3. The zero-order chi connectivity index (χ0) is 21.3. The molecule has 8 heteroatoms. The van der Waals surface area contributed by atoms with Crippen molar-refractivity contribution in [1.82, 2.24) is 25.1 Å². The highest BCUT2D eigenvalue weighted by Gasteiger charge is 2.25. The summed E-state index contributed by atoms with van der Waals surface area (Å²) in [7, 11) is 0. The first-order valence-electron chi connectivity index (χ1n) is 10.4. The number of hydrogen-bond donors (Lipinski definition) is 3. The molecular weight excluding hydrogens is 380 g/mol. The molecule has 0 unspecified atom stereocenters. The number of aryl methyl sites for hydroxylation is 3. The van der Waals surface area contributed by atoms with Gasteiger partial charge in [0.15, 0.2) is 0 Å². The van der Waals surface area contributed by atoms with Gasteiger partial charge in [0.1, 0.15) is 5.82 Å². The maximum Gasteiger partial charge on any atom is 0.227 e. The van der Waals surface area contributed by atoms with Crippen molar-refractivity contribution in [3.05, 3.63) is 41.0 Å². The Kier molecular flexibility index (Phi) is 5.57. The Morgan fingerprint density at radius 3 is 2.67 bits per heavy atom. The van der Waals surface area contributed by atoms with Gasteiger partial charge in [0, 0.05) is 36.5 Å². The molecule has 0 saturated carbocycles. The van der Waals surface area contributed by atoms with Gasteiger partial charge in [-0.15, -0.1) is 0 Å². The summed E-state index contributed by atoms with van der Waals surface area (Å²) in [5, 5.41) is 10.1. The molecule has 1 fully saturated rings. The van der Waals surface area contributed by atoms with E-state index in [0.29, 0.717) is 31.8 Å². The van der Waals surface area contributed by atoms with Gasteiger partial charge in [-0.3, -0.25) is 14.7 Å². The van der Waals surface area contributed by atoms with Crippen LogP contribution in [-0.2, 0) is 16.0 Å². The Labute approximate surface area is 175 Å². The Morgan fingerprint density at radius 2 is 1.97 bits per heavy atom. The quantitative estimate of drug-likeness (QED) is 0.603. The average molecular weight is 409 g/mol. The standard InChI is InChI=1S/C22H28N6O2/c1-13-18(14(2)27-26-13)12-22(30)28-8-6-16(7-9-28)10-21(29)25-17-4-5-19-20(11-17)24-15(3)23-19/h4-5,11,16H,6-10,12H2,1-3H3,(H,23,24)(H,25,29)(H,26,27). The Hall–Kier alpha value is -3.16. The molecule has 2 aromatic heterocycles. The Balaban J connectivity index is 1.26. The van der Waals surface area contributed by atoms with Crippen LogP contribution >= 0.6 is 0 Å². The predicted molar refractivity (Wildman–Crippen MR) is 115 cm³/mol. The molecule has 1 aromatic carbocycles. The minimum absolute atomic E-state index is 0.0139. The minimum Gasteiger partial charge on any atom is -0.342 e. The fraction of sp³-hybridized carbons (Fsp3) is 0.455. The number of carbonyl (C=O) groups excluding carboxylic acids is 2. The number of aromatic nitrogens is 4. The summed E-state index contributed by atoms with van der Waals surface area (Å²) < 4.78 is 0. The summed E-state index contributed by atoms with van der Waals surface area (Å²) in [6, 6.07) is 5.69. The predicted octanol–water partition coefficient (Wildman–Crippen LogP) is 3.02. The number of aromatic amines is 2. The van der Waals surface area contributed by atoms with E-state index in [9.17, 15) is 9.59 Å². The van der Waals surface area contributed by atoms with Crippen LogP contribution in [0.2, 0.25) is 0 Å². The molecule has 4 rings (SSSR count). The number of amides is 2. The van der Waals surface area contributed by atoms with Crippen molar-refractivity contribution in [3.63, 3.8) is 0 Å². The second-order valence-corrected chi connectivity index (χ2v) is 8.22. The molecule has 1 aliphatic rings. The molecule has 3 N–H and O–H groups in total. The van der Waals surface area contributed by atoms with Gasteiger partial charge < -0.3 is 15.2 Å². The fourth-order valence-corrected chi connectivity index (χ4v) is 4.17. The third-order valence-corrected chi connectivity index (χ3v) is 5.93. The topological polar surface area (TPSA) is 107 Å². The average Bonchev–Trinajstić information content (AvgIpc) is 3.23. The van der Waals surface area contributed by atoms with Gasteiger partial charge in [0.25, 0.3) is 0 Å². The summed E-state index contributed by atoms with van der Waals surface area (Å²) in [5.41, 5.74) is 5.41. The van der Waals surface area contributed by atoms with Crippen LogP contribution < -0.4 is 5.32 Å². The maximum atomic E-state index is 12.6. The molecule has 1 saturated heterocycles.